The van der Waals surface area contributed by atoms with Gasteiger partial charge in [-0.05, 0) is 56.3 Å². The van der Waals surface area contributed by atoms with Crippen LogP contribution in [0.1, 0.15) is 38.5 Å². The number of hydrogen-bond donors (Lipinski definition) is 0. The minimum Gasteiger partial charge on any atom is -0.464 e. The second kappa shape index (κ2) is 8.74. The first kappa shape index (κ1) is 30.5. The highest BCUT2D eigenvalue weighted by molar-refractivity contribution is 8.23. The lowest BCUT2D eigenvalue weighted by molar-refractivity contribution is -0.122. The van der Waals surface area contributed by atoms with Crippen molar-refractivity contribution in [2.45, 2.75) is 142 Å². The minimum absolute atomic E-state index is 0.0954. The van der Waals surface area contributed by atoms with Crippen LogP contribution in [0.4, 0.5) is 4.79 Å². The van der Waals surface area contributed by atoms with Crippen molar-refractivity contribution in [2.24, 2.45) is 17.8 Å². The van der Waals surface area contributed by atoms with Crippen molar-refractivity contribution in [2.75, 3.05) is 0 Å². The molecule has 0 radical (unpaired) electrons. The van der Waals surface area contributed by atoms with E-state index in [2.05, 4.69) is 98.2 Å². The van der Waals surface area contributed by atoms with Crippen LogP contribution in [0, 0.1) is 17.8 Å². The van der Waals surface area contributed by atoms with Crippen molar-refractivity contribution in [3.63, 3.8) is 0 Å². The van der Waals surface area contributed by atoms with Gasteiger partial charge in [0.2, 0.25) is 0 Å². The second-order valence-electron chi connectivity index (χ2n) is 18.2. The van der Waals surface area contributed by atoms with Gasteiger partial charge < -0.3 is 4.74 Å². The topological polar surface area (TPSA) is 26.3 Å². The molecule has 0 unspecified atom stereocenters. The summed E-state index contributed by atoms with van der Waals surface area (Å²) in [5, 5.41) is 0. The molecule has 0 aromatic carbocycles. The van der Waals surface area contributed by atoms with Crippen LogP contribution in [0.15, 0.2) is 0 Å². The summed E-state index contributed by atoms with van der Waals surface area (Å²) >= 11 is 0. The lowest BCUT2D eigenvalue weighted by Gasteiger charge is -2.71. The van der Waals surface area contributed by atoms with Crippen LogP contribution in [0.25, 0.3) is 0 Å². The Balaban J connectivity index is 2.35. The van der Waals surface area contributed by atoms with Crippen molar-refractivity contribution in [1.29, 1.82) is 0 Å². The summed E-state index contributed by atoms with van der Waals surface area (Å²) in [6, 6.07) is 0. The molecular weight excluding hydrogens is 541 g/mol. The summed E-state index contributed by atoms with van der Waals surface area (Å²) in [5.41, 5.74) is 0.415. The summed E-state index contributed by atoms with van der Waals surface area (Å²) in [7, 11) is -8.60. The maximum Gasteiger partial charge on any atom is 0.263 e. The highest BCUT2D eigenvalue weighted by Crippen LogP contribution is 2.58. The third-order valence-corrected chi connectivity index (χ3v) is 181. The number of ether oxygens (including phenoxy) is 1. The van der Waals surface area contributed by atoms with Crippen LogP contribution in [0.5, 0.6) is 0 Å². The van der Waals surface area contributed by atoms with Crippen LogP contribution >= 0.6 is 0 Å². The van der Waals surface area contributed by atoms with Gasteiger partial charge in [0.25, 0.3) is 5.59 Å². The van der Waals surface area contributed by atoms with Crippen LogP contribution in [0.2, 0.25) is 98.2 Å². The highest BCUT2D eigenvalue weighted by Gasteiger charge is 2.82. The average Bonchev–Trinajstić information content (AvgIpc) is 2.51. The van der Waals surface area contributed by atoms with Gasteiger partial charge in [-0.1, -0.05) is 98.2 Å². The molecule has 4 saturated carbocycles. The third kappa shape index (κ3) is 4.40. The molecule has 0 heterocycles. The Kier molecular flexibility index (Phi) is 7.63. The Morgan fingerprint density at radius 3 is 1.06 bits per heavy atom. The Morgan fingerprint density at radius 1 is 0.543 bits per heavy atom. The second-order valence-corrected chi connectivity index (χ2v) is 95.9. The molecule has 0 N–H and O–H groups in total. The van der Waals surface area contributed by atoms with E-state index in [9.17, 15) is 0 Å². The lowest BCUT2D eigenvalue weighted by atomic mass is 9.54. The van der Waals surface area contributed by atoms with E-state index in [0.29, 0.717) is 5.59 Å². The fourth-order valence-corrected chi connectivity index (χ4v) is 334. The molecule has 204 valence electrons. The molecule has 2 nitrogen and oxygen atoms in total. The van der Waals surface area contributed by atoms with Crippen molar-refractivity contribution >= 4 is 56.3 Å². The van der Waals surface area contributed by atoms with Gasteiger partial charge in [-0.2, -0.15) is 0 Å². The molecule has 4 bridgehead atoms. The number of rotatable bonds is 8. The van der Waals surface area contributed by atoms with Gasteiger partial charge in [-0.25, -0.2) is 0 Å². The number of carbonyl (C=O) groups is 1. The molecule has 35 heavy (non-hydrogen) atoms. The van der Waals surface area contributed by atoms with Gasteiger partial charge in [0, 0.05) is 44.1 Å². The molecule has 4 aliphatic rings. The Bertz CT molecular complexity index is 749. The molecule has 4 aliphatic carbocycles. The summed E-state index contributed by atoms with van der Waals surface area (Å²) in [6.45, 7) is 38.1. The van der Waals surface area contributed by atoms with E-state index in [0.717, 1.165) is 17.8 Å². The number of hydrogen-bond acceptors (Lipinski definition) is 2. The molecular formula is C26H60O2Si7. The van der Waals surface area contributed by atoms with E-state index in [1.807, 2.05) is 0 Å². The van der Waals surface area contributed by atoms with E-state index >= 15 is 4.79 Å². The molecule has 9 heteroatoms. The van der Waals surface area contributed by atoms with E-state index in [-0.39, 0.29) is 5.60 Å². The van der Waals surface area contributed by atoms with Gasteiger partial charge >= 0.3 is 0 Å². The van der Waals surface area contributed by atoms with E-state index in [4.69, 9.17) is 4.74 Å². The Hall–Kier alpha value is 0.988. The standard InChI is InChI=1S/C26H60O2Si7/c1-29(2,3)34(30(4,5)6,35(31(7,8)9,32(10,11)12)33(13,14)15)25(27)28-26-19-22-16-23(20-26)18-24(17-22)21-26/h22-24H,16-21H2,1-15H3. The maximum absolute atomic E-state index is 15.6. The smallest absolute Gasteiger partial charge is 0.263 e. The van der Waals surface area contributed by atoms with Crippen molar-refractivity contribution in [1.82, 2.24) is 0 Å². The highest BCUT2D eigenvalue weighted by atomic mass is 30.3. The Morgan fingerprint density at radius 2 is 0.829 bits per heavy atom. The predicted molar refractivity (Wildman–Crippen MR) is 176 cm³/mol. The van der Waals surface area contributed by atoms with Gasteiger partial charge in [-0.15, -0.1) is 0 Å². The normalized spacial score (nSPS) is 30.5. The molecule has 0 aromatic heterocycles. The van der Waals surface area contributed by atoms with Gasteiger partial charge in [0.15, 0.2) is 6.63 Å². The predicted octanol–water partition coefficient (Wildman–Crippen LogP) is 8.73. The zero-order valence-electron chi connectivity index (χ0n) is 26.3. The third-order valence-electron chi connectivity index (χ3n) is 10.8. The first-order valence-corrected chi connectivity index (χ1v) is 42.1. The van der Waals surface area contributed by atoms with Crippen molar-refractivity contribution in [3.05, 3.63) is 0 Å². The van der Waals surface area contributed by atoms with Gasteiger partial charge in [-0.3, -0.25) is 4.79 Å². The van der Waals surface area contributed by atoms with Crippen LogP contribution < -0.4 is 0 Å². The summed E-state index contributed by atoms with van der Waals surface area (Å²) in [4.78, 5) is 15.6. The zero-order valence-corrected chi connectivity index (χ0v) is 33.3. The molecule has 0 aliphatic heterocycles. The van der Waals surface area contributed by atoms with E-state index in [1.54, 1.807) is 0 Å². The molecule has 4 fully saturated rings. The quantitative estimate of drug-likeness (QED) is 0.260. The van der Waals surface area contributed by atoms with Crippen molar-refractivity contribution in [3.8, 4) is 0 Å². The zero-order chi connectivity index (χ0) is 27.3. The fourth-order valence-electron chi connectivity index (χ4n) is 12.5. The molecule has 0 spiro atoms. The first-order chi connectivity index (χ1) is 15.4. The molecule has 0 amide bonds. The van der Waals surface area contributed by atoms with E-state index < -0.39 is 50.7 Å². The fraction of sp³-hybridized carbons (Fsp3) is 0.962. The molecule has 0 atom stereocenters. The summed E-state index contributed by atoms with van der Waals surface area (Å²) in [5.74, 6) is 2.49. The SMILES string of the molecule is C[Si](C)(C)[Si](C(=O)OC12CC3CC(CC(C3)C1)C2)([Si](C)(C)C)[Si]([Si](C)(C)C)([Si](C)(C)C)[Si](C)(C)C. The van der Waals surface area contributed by atoms with Gasteiger partial charge in [0.05, 0.1) is 0 Å². The summed E-state index contributed by atoms with van der Waals surface area (Å²) < 4.78 is 7.35. The largest absolute Gasteiger partial charge is 0.464 e. The molecule has 4 rings (SSSR count). The monoisotopic (exact) mass is 600 g/mol. The number of carbonyl (C=O) groups excluding carboxylic acids is 1. The van der Waals surface area contributed by atoms with Crippen molar-refractivity contribution < 1.29 is 9.53 Å². The maximum atomic E-state index is 15.6. The minimum atomic E-state index is -2.40. The first-order valence-electron chi connectivity index (χ1n) is 14.6. The van der Waals surface area contributed by atoms with Crippen LogP contribution in [-0.2, 0) is 4.74 Å². The van der Waals surface area contributed by atoms with Crippen LogP contribution in [0.3, 0.4) is 0 Å². The molecule has 0 saturated heterocycles. The Labute approximate surface area is 225 Å². The van der Waals surface area contributed by atoms with Crippen LogP contribution in [-0.4, -0.2) is 61.9 Å². The lowest BCUT2D eigenvalue weighted by Crippen LogP contribution is -3.04. The summed E-state index contributed by atoms with van der Waals surface area (Å²) in [6.07, 6.45) is 5.87. The molecule has 0 aromatic rings. The van der Waals surface area contributed by atoms with Gasteiger partial charge in [0.1, 0.15) is 5.60 Å². The average molecular weight is 601 g/mol. The van der Waals surface area contributed by atoms with E-state index in [1.165, 1.54) is 38.5 Å².